The normalized spacial score (nSPS) is 29.1. The highest BCUT2D eigenvalue weighted by Crippen LogP contribution is 2.25. The Kier molecular flexibility index (Phi) is 3.12. The van der Waals surface area contributed by atoms with E-state index in [1.54, 1.807) is 4.90 Å². The van der Waals surface area contributed by atoms with Crippen molar-refractivity contribution >= 4 is 11.9 Å². The number of amides is 1. The Labute approximate surface area is 101 Å². The topological polar surface area (TPSA) is 58.6 Å². The van der Waals surface area contributed by atoms with Crippen LogP contribution in [0, 0.1) is 5.92 Å². The molecule has 1 N–H and O–H groups in total. The predicted octanol–water partition coefficient (Wildman–Crippen LogP) is 0.784. The third-order valence-corrected chi connectivity index (χ3v) is 3.22. The number of fused-ring (bicyclic) bond motifs is 1. The average Bonchev–Trinajstić information content (AvgIpc) is 2.64. The predicted molar refractivity (Wildman–Crippen MR) is 62.7 cm³/mol. The largest absolute Gasteiger partial charge is 0.444 e. The molecule has 2 saturated heterocycles. The first kappa shape index (κ1) is 12.4. The molecule has 2 rings (SSSR count). The maximum atomic E-state index is 12.0. The summed E-state index contributed by atoms with van der Waals surface area (Å²) in [7, 11) is 0. The van der Waals surface area contributed by atoms with E-state index in [0.29, 0.717) is 26.1 Å². The number of likely N-dealkylation sites (tertiary alicyclic amines) is 1. The molecular weight excluding hydrogens is 220 g/mol. The van der Waals surface area contributed by atoms with Crippen LogP contribution in [-0.4, -0.2) is 48.1 Å². The molecule has 17 heavy (non-hydrogen) atoms. The number of nitrogens with one attached hydrogen (secondary N) is 1. The second-order valence-electron chi connectivity index (χ2n) is 5.72. The second kappa shape index (κ2) is 4.29. The number of Topliss-reactive ketones (excluding diaryl/α,β-unsaturated/α-hetero) is 1. The van der Waals surface area contributed by atoms with Crippen molar-refractivity contribution in [2.45, 2.75) is 38.8 Å². The van der Waals surface area contributed by atoms with Crippen molar-refractivity contribution < 1.29 is 14.3 Å². The first-order valence-electron chi connectivity index (χ1n) is 6.11. The van der Waals surface area contributed by atoms with Crippen molar-refractivity contribution in [3.05, 3.63) is 0 Å². The van der Waals surface area contributed by atoms with E-state index >= 15 is 0 Å². The molecule has 0 aliphatic carbocycles. The minimum atomic E-state index is -0.486. The molecule has 96 valence electrons. The molecule has 0 spiro atoms. The number of hydrogen-bond donors (Lipinski definition) is 1. The average molecular weight is 240 g/mol. The Bertz CT molecular complexity index is 335. The van der Waals surface area contributed by atoms with E-state index in [1.165, 1.54) is 0 Å². The van der Waals surface area contributed by atoms with E-state index in [9.17, 15) is 9.59 Å². The molecule has 2 atom stereocenters. The Morgan fingerprint density at radius 3 is 2.76 bits per heavy atom. The molecule has 2 unspecified atom stereocenters. The fourth-order valence-corrected chi connectivity index (χ4v) is 2.45. The van der Waals surface area contributed by atoms with Crippen molar-refractivity contribution in [3.8, 4) is 0 Å². The number of piperidine rings is 1. The lowest BCUT2D eigenvalue weighted by atomic mass is 9.91. The zero-order chi connectivity index (χ0) is 12.6. The lowest BCUT2D eigenvalue weighted by Crippen LogP contribution is -2.52. The molecule has 5 heteroatoms. The monoisotopic (exact) mass is 240 g/mol. The minimum absolute atomic E-state index is 0.0221. The van der Waals surface area contributed by atoms with Gasteiger partial charge in [-0.25, -0.2) is 4.79 Å². The van der Waals surface area contributed by atoms with Gasteiger partial charge in [0.25, 0.3) is 0 Å². The van der Waals surface area contributed by atoms with E-state index < -0.39 is 5.60 Å². The van der Waals surface area contributed by atoms with Crippen LogP contribution in [0.25, 0.3) is 0 Å². The molecule has 0 radical (unpaired) electrons. The van der Waals surface area contributed by atoms with Crippen molar-refractivity contribution in [3.63, 3.8) is 0 Å². The summed E-state index contributed by atoms with van der Waals surface area (Å²) < 4.78 is 5.37. The van der Waals surface area contributed by atoms with Crippen LogP contribution in [0.15, 0.2) is 0 Å². The zero-order valence-corrected chi connectivity index (χ0v) is 10.7. The molecule has 0 aromatic carbocycles. The smallest absolute Gasteiger partial charge is 0.410 e. The molecule has 2 aliphatic heterocycles. The van der Waals surface area contributed by atoms with Crippen LogP contribution >= 0.6 is 0 Å². The van der Waals surface area contributed by atoms with Gasteiger partial charge in [-0.3, -0.25) is 4.79 Å². The summed E-state index contributed by atoms with van der Waals surface area (Å²) in [5, 5.41) is 3.17. The highest BCUT2D eigenvalue weighted by Gasteiger charge is 2.43. The number of ether oxygens (including phenoxy) is 1. The summed E-state index contributed by atoms with van der Waals surface area (Å²) in [5.74, 6) is 0.219. The SMILES string of the molecule is CC(C)(C)OC(=O)N1CCC(=O)C2CNCC21. The Hall–Kier alpha value is -1.10. The van der Waals surface area contributed by atoms with Gasteiger partial charge in [0, 0.05) is 26.1 Å². The molecule has 2 heterocycles. The molecule has 1 amide bonds. The van der Waals surface area contributed by atoms with Crippen LogP contribution in [0.1, 0.15) is 27.2 Å². The minimum Gasteiger partial charge on any atom is -0.444 e. The van der Waals surface area contributed by atoms with Gasteiger partial charge in [-0.05, 0) is 20.8 Å². The molecule has 0 bridgehead atoms. The molecule has 0 aromatic heterocycles. The third-order valence-electron chi connectivity index (χ3n) is 3.22. The van der Waals surface area contributed by atoms with Gasteiger partial charge in [0.05, 0.1) is 12.0 Å². The van der Waals surface area contributed by atoms with Gasteiger partial charge in [-0.2, -0.15) is 0 Å². The van der Waals surface area contributed by atoms with E-state index in [2.05, 4.69) is 5.32 Å². The maximum Gasteiger partial charge on any atom is 0.410 e. The van der Waals surface area contributed by atoms with Gasteiger partial charge >= 0.3 is 6.09 Å². The summed E-state index contributed by atoms with van der Waals surface area (Å²) in [6.07, 6.45) is 0.144. The zero-order valence-electron chi connectivity index (χ0n) is 10.7. The first-order valence-corrected chi connectivity index (χ1v) is 6.11. The highest BCUT2D eigenvalue weighted by molar-refractivity contribution is 5.85. The number of nitrogens with zero attached hydrogens (tertiary/aromatic N) is 1. The summed E-state index contributed by atoms with van der Waals surface area (Å²) in [6.45, 7) is 7.41. The number of carbonyl (C=O) groups excluding carboxylic acids is 2. The highest BCUT2D eigenvalue weighted by atomic mass is 16.6. The van der Waals surface area contributed by atoms with Crippen LogP contribution in [0.3, 0.4) is 0 Å². The van der Waals surface area contributed by atoms with E-state index in [0.717, 1.165) is 0 Å². The summed E-state index contributed by atoms with van der Waals surface area (Å²) >= 11 is 0. The lowest BCUT2D eigenvalue weighted by molar-refractivity contribution is -0.126. The van der Waals surface area contributed by atoms with Crippen LogP contribution in [0.2, 0.25) is 0 Å². The maximum absolute atomic E-state index is 12.0. The van der Waals surface area contributed by atoms with E-state index in [1.807, 2.05) is 20.8 Å². The first-order chi connectivity index (χ1) is 7.88. The van der Waals surface area contributed by atoms with Crippen molar-refractivity contribution in [2.24, 2.45) is 5.92 Å². The van der Waals surface area contributed by atoms with Gasteiger partial charge in [0.15, 0.2) is 0 Å². The van der Waals surface area contributed by atoms with E-state index in [-0.39, 0.29) is 23.8 Å². The Morgan fingerprint density at radius 1 is 1.41 bits per heavy atom. The molecule has 2 aliphatic rings. The lowest BCUT2D eigenvalue weighted by Gasteiger charge is -2.36. The Balaban J connectivity index is 2.06. The third kappa shape index (κ3) is 2.60. The summed E-state index contributed by atoms with van der Waals surface area (Å²) in [6, 6.07) is -0.0221. The van der Waals surface area contributed by atoms with Gasteiger partial charge in [0.1, 0.15) is 11.4 Å². The van der Waals surface area contributed by atoms with Crippen LogP contribution in [-0.2, 0) is 9.53 Å². The van der Waals surface area contributed by atoms with Crippen molar-refractivity contribution in [1.29, 1.82) is 0 Å². The van der Waals surface area contributed by atoms with Gasteiger partial charge in [-0.15, -0.1) is 0 Å². The quantitative estimate of drug-likeness (QED) is 0.680. The van der Waals surface area contributed by atoms with Crippen molar-refractivity contribution in [2.75, 3.05) is 19.6 Å². The number of ketones is 1. The van der Waals surface area contributed by atoms with Crippen LogP contribution < -0.4 is 5.32 Å². The fourth-order valence-electron chi connectivity index (χ4n) is 2.45. The number of hydrogen-bond acceptors (Lipinski definition) is 4. The van der Waals surface area contributed by atoms with Crippen LogP contribution in [0.5, 0.6) is 0 Å². The summed E-state index contributed by atoms with van der Waals surface area (Å²) in [5.41, 5.74) is -0.486. The molecule has 5 nitrogen and oxygen atoms in total. The summed E-state index contributed by atoms with van der Waals surface area (Å²) in [4.78, 5) is 25.4. The fraction of sp³-hybridized carbons (Fsp3) is 0.833. The second-order valence-corrected chi connectivity index (χ2v) is 5.72. The van der Waals surface area contributed by atoms with Crippen LogP contribution in [0.4, 0.5) is 4.79 Å². The van der Waals surface area contributed by atoms with Crippen molar-refractivity contribution in [1.82, 2.24) is 10.2 Å². The number of carbonyl (C=O) groups is 2. The number of rotatable bonds is 0. The standard InChI is InChI=1S/C12H20N2O3/c1-12(2,3)17-11(16)14-5-4-10(15)8-6-13-7-9(8)14/h8-9,13H,4-7H2,1-3H3. The van der Waals surface area contributed by atoms with Gasteiger partial charge in [0.2, 0.25) is 0 Å². The Morgan fingerprint density at radius 2 is 2.12 bits per heavy atom. The molecular formula is C12H20N2O3. The van der Waals surface area contributed by atoms with Gasteiger partial charge in [-0.1, -0.05) is 0 Å². The van der Waals surface area contributed by atoms with Gasteiger partial charge < -0.3 is 15.0 Å². The van der Waals surface area contributed by atoms with E-state index in [4.69, 9.17) is 4.74 Å². The molecule has 0 saturated carbocycles. The molecule has 0 aromatic rings. The molecule has 2 fully saturated rings.